The summed E-state index contributed by atoms with van der Waals surface area (Å²) in [6.07, 6.45) is 3.42. The number of phenolic OH excluding ortho intramolecular Hbond substituents is 1. The second-order valence-electron chi connectivity index (χ2n) is 5.85. The fourth-order valence-electron chi connectivity index (χ4n) is 3.21. The van der Waals surface area contributed by atoms with Gasteiger partial charge < -0.3 is 0 Å². The second-order valence-corrected chi connectivity index (χ2v) is 7.83. The number of fused-ring (bicyclic) bond motifs is 1. The first-order valence-corrected chi connectivity index (χ1v) is 8.58. The van der Waals surface area contributed by atoms with Crippen molar-refractivity contribution in [1.29, 1.82) is 0 Å². The predicted molar refractivity (Wildman–Crippen MR) is 82.1 cm³/mol. The molecule has 104 valence electrons. The van der Waals surface area contributed by atoms with Crippen LogP contribution in [0.15, 0.2) is 12.1 Å². The van der Waals surface area contributed by atoms with E-state index in [1.807, 2.05) is 22.9 Å². The van der Waals surface area contributed by atoms with Gasteiger partial charge in [0.2, 0.25) is 0 Å². The van der Waals surface area contributed by atoms with Gasteiger partial charge in [-0.2, -0.15) is 0 Å². The Morgan fingerprint density at radius 1 is 1.16 bits per heavy atom. The van der Waals surface area contributed by atoms with Gasteiger partial charge in [0.15, 0.2) is 0 Å². The molecule has 2 aliphatic rings. The molecule has 0 bridgehead atoms. The molecule has 1 aliphatic heterocycles. The number of hydrogen-bond acceptors (Lipinski definition) is 3. The van der Waals surface area contributed by atoms with E-state index in [0.29, 0.717) is 5.75 Å². The minimum absolute atomic E-state index is 0.507. The van der Waals surface area contributed by atoms with Crippen LogP contribution in [0.5, 0.6) is 5.75 Å². The predicted octanol–water partition coefficient (Wildman–Crippen LogP) is 1.05. The van der Waals surface area contributed by atoms with E-state index in [1.165, 1.54) is 23.2 Å². The number of hydrogen-bond donors (Lipinski definition) is 1. The van der Waals surface area contributed by atoms with Crippen LogP contribution in [0.1, 0.15) is 17.5 Å². The third-order valence-electron chi connectivity index (χ3n) is 4.46. The van der Waals surface area contributed by atoms with Crippen LogP contribution < -0.4 is 4.90 Å². The Morgan fingerprint density at radius 2 is 1.89 bits per heavy atom. The van der Waals surface area contributed by atoms with Crippen LogP contribution in [0.3, 0.4) is 0 Å². The number of likely N-dealkylation sites (N-methyl/N-ethyl adjacent to an activating group) is 1. The molecule has 1 saturated heterocycles. The van der Waals surface area contributed by atoms with Crippen molar-refractivity contribution in [2.75, 3.05) is 38.1 Å². The van der Waals surface area contributed by atoms with E-state index in [1.54, 1.807) is 0 Å². The van der Waals surface area contributed by atoms with E-state index >= 15 is 0 Å². The van der Waals surface area contributed by atoms with Crippen molar-refractivity contribution in [2.24, 2.45) is 0 Å². The summed E-state index contributed by atoms with van der Waals surface area (Å²) < 4.78 is 0.799. The molecule has 0 spiro atoms. The SMILES string of the molecule is CN1CCN(c2ccc(O)c3c2C[C@H]([AsH2])CC3)CC1. The Bertz CT molecular complexity index is 469. The maximum absolute atomic E-state index is 10.1. The van der Waals surface area contributed by atoms with Crippen LogP contribution in [-0.2, 0) is 12.8 Å². The van der Waals surface area contributed by atoms with E-state index in [-0.39, 0.29) is 0 Å². The zero-order valence-electron chi connectivity index (χ0n) is 11.6. The zero-order valence-corrected chi connectivity index (χ0v) is 14.0. The third-order valence-corrected chi connectivity index (χ3v) is 5.65. The van der Waals surface area contributed by atoms with E-state index in [0.717, 1.165) is 43.7 Å². The first-order chi connectivity index (χ1) is 9.15. The number of nitrogens with zero attached hydrogens (tertiary/aromatic N) is 2. The van der Waals surface area contributed by atoms with Gasteiger partial charge in [-0.25, -0.2) is 0 Å². The molecule has 0 saturated carbocycles. The van der Waals surface area contributed by atoms with Gasteiger partial charge in [0.1, 0.15) is 0 Å². The fourth-order valence-corrected chi connectivity index (χ4v) is 4.06. The van der Waals surface area contributed by atoms with Crippen LogP contribution in [0.4, 0.5) is 5.69 Å². The summed E-state index contributed by atoms with van der Waals surface area (Å²) >= 11 is 1.85. The van der Waals surface area contributed by atoms with Crippen molar-refractivity contribution < 1.29 is 5.11 Å². The van der Waals surface area contributed by atoms with E-state index in [2.05, 4.69) is 22.9 Å². The minimum atomic E-state index is 0.507. The monoisotopic (exact) mass is 322 g/mol. The van der Waals surface area contributed by atoms with Crippen LogP contribution in [-0.4, -0.2) is 60.1 Å². The molecule has 1 N–H and O–H groups in total. The number of rotatable bonds is 1. The van der Waals surface area contributed by atoms with Gasteiger partial charge in [0.05, 0.1) is 0 Å². The number of anilines is 1. The summed E-state index contributed by atoms with van der Waals surface area (Å²) in [5.74, 6) is 0.507. The molecule has 2 atom stereocenters. The normalized spacial score (nSPS) is 24.3. The topological polar surface area (TPSA) is 26.7 Å². The first-order valence-electron chi connectivity index (χ1n) is 7.18. The summed E-state index contributed by atoms with van der Waals surface area (Å²) in [6.45, 7) is 4.48. The molecule has 19 heavy (non-hydrogen) atoms. The van der Waals surface area contributed by atoms with Crippen molar-refractivity contribution in [3.05, 3.63) is 23.3 Å². The Hall–Kier alpha value is -0.662. The molecule has 0 radical (unpaired) electrons. The zero-order chi connectivity index (χ0) is 13.4. The van der Waals surface area contributed by atoms with Crippen LogP contribution in [0, 0.1) is 0 Å². The molecule has 1 fully saturated rings. The van der Waals surface area contributed by atoms with Gasteiger partial charge in [-0.05, 0) is 0 Å². The number of piperazine rings is 1. The summed E-state index contributed by atoms with van der Waals surface area (Å²) in [6, 6.07) is 4.03. The van der Waals surface area contributed by atoms with Crippen LogP contribution >= 0.6 is 0 Å². The van der Waals surface area contributed by atoms with Crippen molar-refractivity contribution >= 4 is 22.5 Å². The average molecular weight is 322 g/mol. The summed E-state index contributed by atoms with van der Waals surface area (Å²) in [4.78, 5) is 4.89. The van der Waals surface area contributed by atoms with Gasteiger partial charge in [-0.15, -0.1) is 0 Å². The molecule has 0 aromatic heterocycles. The van der Waals surface area contributed by atoms with Gasteiger partial charge >= 0.3 is 124 Å². The van der Waals surface area contributed by atoms with Crippen LogP contribution in [0.2, 0.25) is 4.71 Å². The molecule has 1 aliphatic carbocycles. The van der Waals surface area contributed by atoms with Gasteiger partial charge in [0, 0.05) is 0 Å². The molecule has 0 amide bonds. The Labute approximate surface area is 124 Å². The quantitative estimate of drug-likeness (QED) is 0.783. The summed E-state index contributed by atoms with van der Waals surface area (Å²) in [7, 11) is 2.19. The van der Waals surface area contributed by atoms with Crippen molar-refractivity contribution in [3.8, 4) is 5.75 Å². The molecule has 1 heterocycles. The molecule has 3 nitrogen and oxygen atoms in total. The second kappa shape index (κ2) is 5.38. The molecule has 1 unspecified atom stereocenters. The third kappa shape index (κ3) is 2.64. The van der Waals surface area contributed by atoms with E-state index in [4.69, 9.17) is 0 Å². The van der Waals surface area contributed by atoms with Gasteiger partial charge in [0.25, 0.3) is 0 Å². The van der Waals surface area contributed by atoms with Gasteiger partial charge in [-0.1, -0.05) is 0 Å². The molecule has 1 aromatic carbocycles. The molecule has 1 aromatic rings. The number of benzene rings is 1. The van der Waals surface area contributed by atoms with Crippen LogP contribution in [0.25, 0.3) is 0 Å². The first kappa shape index (κ1) is 13.3. The number of phenols is 1. The Balaban J connectivity index is 1.93. The standard InChI is InChI=1S/C15H23AsN2O/c1-17-6-8-18(9-7-17)14-4-5-15(19)12-3-2-11(16)10-13(12)14/h4-5,11,19H,2-3,6-10,16H2,1H3/t11-/m1/s1. The average Bonchev–Trinajstić information content (AvgIpc) is 2.40. The Morgan fingerprint density at radius 3 is 2.63 bits per heavy atom. The molecular formula is C15H23AsN2O. The summed E-state index contributed by atoms with van der Waals surface area (Å²) in [5.41, 5.74) is 4.01. The summed E-state index contributed by atoms with van der Waals surface area (Å²) in [5, 5.41) is 10.1. The fraction of sp³-hybridized carbons (Fsp3) is 0.600. The Kier molecular flexibility index (Phi) is 3.77. The number of aromatic hydroxyl groups is 1. The van der Waals surface area contributed by atoms with E-state index < -0.39 is 0 Å². The molecular weight excluding hydrogens is 299 g/mol. The molecule has 4 heteroatoms. The van der Waals surface area contributed by atoms with Crippen molar-refractivity contribution in [2.45, 2.75) is 24.0 Å². The van der Waals surface area contributed by atoms with Gasteiger partial charge in [-0.3, -0.25) is 0 Å². The molecule has 3 rings (SSSR count). The van der Waals surface area contributed by atoms with E-state index in [9.17, 15) is 5.11 Å². The van der Waals surface area contributed by atoms with Crippen molar-refractivity contribution in [3.63, 3.8) is 0 Å². The van der Waals surface area contributed by atoms with Crippen molar-refractivity contribution in [1.82, 2.24) is 4.90 Å². The maximum atomic E-state index is 10.1.